The van der Waals surface area contributed by atoms with Crippen LogP contribution < -0.4 is 0 Å². The summed E-state index contributed by atoms with van der Waals surface area (Å²) in [5, 5.41) is 0. The number of hydrogen-bond donors (Lipinski definition) is 2. The topological polar surface area (TPSA) is 57.4 Å². The lowest BCUT2D eigenvalue weighted by molar-refractivity contribution is 1.38. The zero-order chi connectivity index (χ0) is 24.6. The van der Waals surface area contributed by atoms with Crippen LogP contribution in [0.15, 0.2) is 90.7 Å². The maximum atomic E-state index is 5.07. The molecule has 2 aliphatic heterocycles. The van der Waals surface area contributed by atoms with E-state index in [1.165, 1.54) is 0 Å². The summed E-state index contributed by atoms with van der Waals surface area (Å²) in [6, 6.07) is 25.1. The summed E-state index contributed by atoms with van der Waals surface area (Å²) in [5.74, 6) is 0. The number of benzene rings is 2. The minimum atomic E-state index is 0.877. The molecule has 2 aromatic carbocycles. The second-order valence-corrected chi connectivity index (χ2v) is 12.1. The van der Waals surface area contributed by atoms with Crippen molar-refractivity contribution < 1.29 is 0 Å². The molecule has 0 atom stereocenters. The largest absolute Gasteiger partial charge is 0.355 e. The molecule has 2 N–H and O–H groups in total. The van der Waals surface area contributed by atoms with Crippen LogP contribution >= 0.6 is 63.7 Å². The van der Waals surface area contributed by atoms with Gasteiger partial charge in [-0.15, -0.1) is 0 Å². The van der Waals surface area contributed by atoms with Crippen molar-refractivity contribution in [3.05, 3.63) is 90.7 Å². The lowest BCUT2D eigenvalue weighted by atomic mass is 10.0. The summed E-state index contributed by atoms with van der Waals surface area (Å²) >= 11 is 14.7. The van der Waals surface area contributed by atoms with Gasteiger partial charge in [-0.3, -0.25) is 0 Å². The first-order valence-corrected chi connectivity index (χ1v) is 14.3. The van der Waals surface area contributed by atoms with E-state index in [0.717, 1.165) is 85.0 Å². The Balaban J connectivity index is 1.63. The lowest BCUT2D eigenvalue weighted by Gasteiger charge is -2.04. The first-order valence-electron chi connectivity index (χ1n) is 11.1. The van der Waals surface area contributed by atoms with E-state index >= 15 is 0 Å². The van der Waals surface area contributed by atoms with Crippen LogP contribution in [-0.2, 0) is 0 Å². The van der Waals surface area contributed by atoms with Crippen LogP contribution in [0.1, 0.15) is 0 Å². The lowest BCUT2D eigenvalue weighted by Crippen LogP contribution is -1.81. The third-order valence-corrected chi connectivity index (χ3v) is 10.0. The molecule has 0 radical (unpaired) electrons. The molecule has 0 aliphatic carbocycles. The molecule has 0 amide bonds. The predicted octanol–water partition coefficient (Wildman–Crippen LogP) is 10.0. The summed E-state index contributed by atoms with van der Waals surface area (Å²) in [6.07, 6.45) is 0. The number of fused-ring (bicyclic) bond motifs is 14. The fourth-order valence-electron chi connectivity index (χ4n) is 4.67. The maximum Gasteiger partial charge on any atom is 0.0738 e. The van der Waals surface area contributed by atoms with Crippen LogP contribution in [0.4, 0.5) is 0 Å². The Bertz CT molecular complexity index is 1770. The van der Waals surface area contributed by atoms with E-state index in [-0.39, 0.29) is 0 Å². The molecule has 0 saturated carbocycles. The number of H-pyrrole nitrogens is 2. The molecule has 36 heavy (non-hydrogen) atoms. The van der Waals surface area contributed by atoms with Crippen LogP contribution in [0, 0.1) is 0 Å². The van der Waals surface area contributed by atoms with E-state index < -0.39 is 0 Å². The minimum absolute atomic E-state index is 0.877. The van der Waals surface area contributed by atoms with E-state index in [0.29, 0.717) is 0 Å². The van der Waals surface area contributed by atoms with Crippen molar-refractivity contribution in [1.29, 1.82) is 0 Å². The standard InChI is InChI=1S/C28H14Br4N4/c29-21-8-17-19(10-23(21)31)27-12-28-20-11-24(32)22(30)9-18(20)26(36-28)7-16-4-2-14(34-16)5-13-1-3-15(33-13)6-25(17)35-27/h1-12,33-34H. The molecule has 8 heteroatoms. The number of hydrogen-bond acceptors (Lipinski definition) is 2. The Hall–Kier alpha value is -2.52. The van der Waals surface area contributed by atoms with Gasteiger partial charge in [-0.05, 0) is 137 Å². The fourth-order valence-corrected chi connectivity index (χ4v) is 6.04. The fraction of sp³-hybridized carbons (Fsp3) is 0. The van der Waals surface area contributed by atoms with Crippen LogP contribution in [0.25, 0.3) is 67.1 Å². The highest BCUT2D eigenvalue weighted by Gasteiger charge is 2.22. The molecule has 2 aliphatic rings. The van der Waals surface area contributed by atoms with Crippen molar-refractivity contribution in [2.45, 2.75) is 0 Å². The van der Waals surface area contributed by atoms with Gasteiger partial charge in [0.15, 0.2) is 0 Å². The van der Waals surface area contributed by atoms with Gasteiger partial charge in [0, 0.05) is 62.2 Å². The highest BCUT2D eigenvalue weighted by atomic mass is 79.9. The third kappa shape index (κ3) is 3.82. The van der Waals surface area contributed by atoms with Crippen molar-refractivity contribution in [2.24, 2.45) is 0 Å². The normalized spacial score (nSPS) is 11.9. The number of rotatable bonds is 0. The molecule has 174 valence electrons. The van der Waals surface area contributed by atoms with Crippen LogP contribution in [0.5, 0.6) is 0 Å². The van der Waals surface area contributed by atoms with Gasteiger partial charge in [0.2, 0.25) is 0 Å². The summed E-state index contributed by atoms with van der Waals surface area (Å²) in [7, 11) is 0. The average Bonchev–Trinajstić information content (AvgIpc) is 3.61. The van der Waals surface area contributed by atoms with E-state index in [1.807, 2.05) is 0 Å². The SMILES string of the molecule is Brc1cc2c(cc1Br)-c1cc3ccc(cc4ccc(cc5nc(cc-2n1)-c1cc(Br)c(Br)cc1-5)[nH]4)[nH]3. The molecule has 0 spiro atoms. The Morgan fingerprint density at radius 1 is 0.389 bits per heavy atom. The summed E-state index contributed by atoms with van der Waals surface area (Å²) in [5.41, 5.74) is 11.8. The number of aromatic nitrogens is 4. The van der Waals surface area contributed by atoms with Gasteiger partial charge in [0.25, 0.3) is 0 Å². The van der Waals surface area contributed by atoms with Gasteiger partial charge >= 0.3 is 0 Å². The molecule has 5 aromatic rings. The molecule has 0 unspecified atom stereocenters. The molecule has 7 rings (SSSR count). The Morgan fingerprint density at radius 2 is 0.694 bits per heavy atom. The highest BCUT2D eigenvalue weighted by Crippen LogP contribution is 2.44. The molecular formula is C28H14Br4N4. The number of halogens is 4. The minimum Gasteiger partial charge on any atom is -0.355 e. The highest BCUT2D eigenvalue weighted by molar-refractivity contribution is 9.13. The Kier molecular flexibility index (Phi) is 5.36. The van der Waals surface area contributed by atoms with Crippen molar-refractivity contribution in [1.82, 2.24) is 19.9 Å². The van der Waals surface area contributed by atoms with Gasteiger partial charge in [0.1, 0.15) is 0 Å². The average molecular weight is 726 g/mol. The number of aromatic amines is 2. The smallest absolute Gasteiger partial charge is 0.0738 e. The van der Waals surface area contributed by atoms with Gasteiger partial charge < -0.3 is 9.97 Å². The van der Waals surface area contributed by atoms with Gasteiger partial charge in [-0.2, -0.15) is 0 Å². The predicted molar refractivity (Wildman–Crippen MR) is 161 cm³/mol. The monoisotopic (exact) mass is 722 g/mol. The molecule has 4 nitrogen and oxygen atoms in total. The first-order chi connectivity index (χ1) is 17.4. The Morgan fingerprint density at radius 3 is 1.06 bits per heavy atom. The molecule has 5 heterocycles. The first kappa shape index (κ1) is 22.7. The van der Waals surface area contributed by atoms with Gasteiger partial charge in [0.05, 0.1) is 22.8 Å². The maximum absolute atomic E-state index is 5.07. The van der Waals surface area contributed by atoms with Crippen LogP contribution in [0.2, 0.25) is 0 Å². The molecule has 3 aromatic heterocycles. The zero-order valence-electron chi connectivity index (χ0n) is 18.3. The van der Waals surface area contributed by atoms with Crippen molar-refractivity contribution in [3.8, 4) is 45.0 Å². The third-order valence-electron chi connectivity index (χ3n) is 6.34. The second kappa shape index (κ2) is 8.52. The van der Waals surface area contributed by atoms with Crippen molar-refractivity contribution >= 4 is 85.8 Å². The van der Waals surface area contributed by atoms with Gasteiger partial charge in [-0.25, -0.2) is 9.97 Å². The zero-order valence-corrected chi connectivity index (χ0v) is 24.7. The van der Waals surface area contributed by atoms with E-state index in [2.05, 4.69) is 146 Å². The summed E-state index contributed by atoms with van der Waals surface area (Å²) < 4.78 is 3.93. The molecule has 0 fully saturated rings. The van der Waals surface area contributed by atoms with Crippen LogP contribution in [-0.4, -0.2) is 19.9 Å². The van der Waals surface area contributed by atoms with Gasteiger partial charge in [-0.1, -0.05) is 0 Å². The summed E-state index contributed by atoms with van der Waals surface area (Å²) in [4.78, 5) is 17.1. The van der Waals surface area contributed by atoms with Crippen molar-refractivity contribution in [2.75, 3.05) is 0 Å². The Labute approximate surface area is 239 Å². The molecular weight excluding hydrogens is 712 g/mol. The quantitative estimate of drug-likeness (QED) is 0.164. The van der Waals surface area contributed by atoms with E-state index in [1.54, 1.807) is 0 Å². The van der Waals surface area contributed by atoms with E-state index in [9.17, 15) is 0 Å². The number of nitrogens with one attached hydrogen (secondary N) is 2. The number of nitrogens with zero attached hydrogens (tertiary/aromatic N) is 2. The second-order valence-electron chi connectivity index (χ2n) is 8.70. The van der Waals surface area contributed by atoms with Crippen molar-refractivity contribution in [3.63, 3.8) is 0 Å². The molecule has 0 saturated heterocycles. The van der Waals surface area contributed by atoms with Crippen LogP contribution in [0.3, 0.4) is 0 Å². The molecule has 8 bridgehead atoms. The summed E-state index contributed by atoms with van der Waals surface area (Å²) in [6.45, 7) is 0. The van der Waals surface area contributed by atoms with E-state index in [4.69, 9.17) is 9.97 Å².